The van der Waals surface area contributed by atoms with Gasteiger partial charge in [-0.05, 0) is 85.3 Å². The largest absolute Gasteiger partial charge is 0.494 e. The predicted molar refractivity (Wildman–Crippen MR) is 122 cm³/mol. The van der Waals surface area contributed by atoms with Crippen molar-refractivity contribution in [3.05, 3.63) is 71.5 Å². The Morgan fingerprint density at radius 3 is 2.56 bits per heavy atom. The van der Waals surface area contributed by atoms with Gasteiger partial charge in [0.15, 0.2) is 11.5 Å². The molecular formula is C26H26FNO4. The van der Waals surface area contributed by atoms with Crippen LogP contribution in [0.15, 0.2) is 54.6 Å². The maximum Gasteiger partial charge on any atom is 0.235 e. The molecule has 1 amide bonds. The van der Waals surface area contributed by atoms with Gasteiger partial charge >= 0.3 is 0 Å². The Bertz CT molecular complexity index is 1190. The molecule has 2 aliphatic rings. The van der Waals surface area contributed by atoms with Crippen LogP contribution in [0.4, 0.5) is 10.1 Å². The van der Waals surface area contributed by atoms with E-state index >= 15 is 0 Å². The molecule has 0 bridgehead atoms. The third-order valence-corrected chi connectivity index (χ3v) is 6.15. The summed E-state index contributed by atoms with van der Waals surface area (Å²) in [6.45, 7) is 4.57. The monoisotopic (exact) mass is 435 g/mol. The van der Waals surface area contributed by atoms with Crippen molar-refractivity contribution in [3.8, 4) is 28.4 Å². The lowest BCUT2D eigenvalue weighted by atomic mass is 9.94. The number of fused-ring (bicyclic) bond motifs is 1. The number of halogens is 1. The summed E-state index contributed by atoms with van der Waals surface area (Å²) < 4.78 is 31.1. The van der Waals surface area contributed by atoms with Gasteiger partial charge in [-0.25, -0.2) is 4.39 Å². The van der Waals surface area contributed by atoms with E-state index in [0.717, 1.165) is 28.0 Å². The first-order valence-corrected chi connectivity index (χ1v) is 10.7. The molecule has 0 atom stereocenters. The normalized spacial score (nSPS) is 15.3. The number of carbonyl (C=O) groups excluding carboxylic acids is 1. The van der Waals surface area contributed by atoms with Gasteiger partial charge < -0.3 is 19.5 Å². The molecule has 0 unspecified atom stereocenters. The summed E-state index contributed by atoms with van der Waals surface area (Å²) in [6, 6.07) is 16.4. The van der Waals surface area contributed by atoms with Gasteiger partial charge in [0.1, 0.15) is 11.6 Å². The zero-order valence-corrected chi connectivity index (χ0v) is 18.0. The topological polar surface area (TPSA) is 56.8 Å². The summed E-state index contributed by atoms with van der Waals surface area (Å²) in [5, 5.41) is 2.84. The zero-order chi connectivity index (χ0) is 22.3. The van der Waals surface area contributed by atoms with Crippen LogP contribution in [-0.2, 0) is 10.2 Å². The van der Waals surface area contributed by atoms with E-state index in [1.165, 1.54) is 6.07 Å². The molecule has 5 nitrogen and oxygen atoms in total. The first-order chi connectivity index (χ1) is 15.5. The van der Waals surface area contributed by atoms with E-state index in [4.69, 9.17) is 14.2 Å². The van der Waals surface area contributed by atoms with Crippen LogP contribution in [0.25, 0.3) is 11.1 Å². The summed E-state index contributed by atoms with van der Waals surface area (Å²) in [6.07, 6.45) is 1.41. The maximum atomic E-state index is 14.8. The van der Waals surface area contributed by atoms with Crippen LogP contribution in [0.3, 0.4) is 0 Å². The smallest absolute Gasteiger partial charge is 0.235 e. The SMILES string of the molecule is CCOc1ccc(-c2cc(NC(=O)C3(c4ccc5c(c4)OCO5)CC3)c(F)cc2C)cc1.[HH]. The number of carbonyl (C=O) groups is 1. The van der Waals surface area contributed by atoms with Crippen LogP contribution in [-0.4, -0.2) is 19.3 Å². The Morgan fingerprint density at radius 1 is 1.09 bits per heavy atom. The average Bonchev–Trinajstić information content (AvgIpc) is 3.47. The Morgan fingerprint density at radius 2 is 1.84 bits per heavy atom. The molecule has 1 N–H and O–H groups in total. The van der Waals surface area contributed by atoms with E-state index in [2.05, 4.69) is 5.32 Å². The lowest BCUT2D eigenvalue weighted by Crippen LogP contribution is -2.28. The van der Waals surface area contributed by atoms with Crippen molar-refractivity contribution in [2.75, 3.05) is 18.7 Å². The van der Waals surface area contributed by atoms with Crippen molar-refractivity contribution in [2.24, 2.45) is 0 Å². The van der Waals surface area contributed by atoms with Crippen molar-refractivity contribution in [1.29, 1.82) is 0 Å². The fourth-order valence-corrected chi connectivity index (χ4v) is 4.18. The van der Waals surface area contributed by atoms with Crippen LogP contribution >= 0.6 is 0 Å². The molecular weight excluding hydrogens is 409 g/mol. The lowest BCUT2D eigenvalue weighted by molar-refractivity contribution is -0.118. The number of rotatable bonds is 6. The molecule has 5 rings (SSSR count). The Labute approximate surface area is 187 Å². The molecule has 0 saturated heterocycles. The highest BCUT2D eigenvalue weighted by atomic mass is 19.1. The van der Waals surface area contributed by atoms with Crippen molar-refractivity contribution in [1.82, 2.24) is 0 Å². The standard InChI is InChI=1S/C26H24FNO4.H2/c1-3-30-19-7-4-17(5-8-19)20-14-22(21(27)12-16(20)2)28-25(29)26(10-11-26)18-6-9-23-24(13-18)32-15-31-23;/h4-9,12-14H,3,10-11,15H2,1-2H3,(H,28,29);1H. The van der Waals surface area contributed by atoms with Crippen molar-refractivity contribution >= 4 is 11.6 Å². The molecule has 166 valence electrons. The summed E-state index contributed by atoms with van der Waals surface area (Å²) in [5.74, 6) is 1.43. The Kier molecular flexibility index (Phi) is 5.00. The number of nitrogens with one attached hydrogen (secondary N) is 1. The summed E-state index contributed by atoms with van der Waals surface area (Å²) >= 11 is 0. The average molecular weight is 435 g/mol. The van der Waals surface area contributed by atoms with Gasteiger partial charge in [0.2, 0.25) is 12.7 Å². The number of benzene rings is 3. The molecule has 1 fully saturated rings. The summed E-state index contributed by atoms with van der Waals surface area (Å²) in [4.78, 5) is 13.2. The fraction of sp³-hybridized carbons (Fsp3) is 0.269. The number of aryl methyl sites for hydroxylation is 1. The van der Waals surface area contributed by atoms with Gasteiger partial charge in [-0.2, -0.15) is 0 Å². The van der Waals surface area contributed by atoms with Crippen molar-refractivity contribution in [3.63, 3.8) is 0 Å². The van der Waals surface area contributed by atoms with Crippen LogP contribution in [0.5, 0.6) is 17.2 Å². The van der Waals surface area contributed by atoms with E-state index in [0.29, 0.717) is 30.9 Å². The second-order valence-electron chi connectivity index (χ2n) is 8.21. The fourth-order valence-electron chi connectivity index (χ4n) is 4.18. The molecule has 0 radical (unpaired) electrons. The molecule has 3 aromatic carbocycles. The van der Waals surface area contributed by atoms with Gasteiger partial charge in [-0.1, -0.05) is 18.2 Å². The number of hydrogen-bond donors (Lipinski definition) is 1. The van der Waals surface area contributed by atoms with Crippen molar-refractivity contribution in [2.45, 2.75) is 32.1 Å². The van der Waals surface area contributed by atoms with Crippen molar-refractivity contribution < 1.29 is 24.8 Å². The third kappa shape index (κ3) is 3.55. The van der Waals surface area contributed by atoms with Gasteiger partial charge in [-0.3, -0.25) is 4.79 Å². The summed E-state index contributed by atoms with van der Waals surface area (Å²) in [5.41, 5.74) is 2.95. The van der Waals surface area contributed by atoms with Gasteiger partial charge in [0.05, 0.1) is 17.7 Å². The minimum Gasteiger partial charge on any atom is -0.494 e. The Balaban J connectivity index is 0.00000259. The van der Waals surface area contributed by atoms with E-state index < -0.39 is 11.2 Å². The van der Waals surface area contributed by atoms with Crippen LogP contribution < -0.4 is 19.5 Å². The molecule has 0 aromatic heterocycles. The molecule has 1 aliphatic carbocycles. The highest BCUT2D eigenvalue weighted by molar-refractivity contribution is 6.02. The first-order valence-electron chi connectivity index (χ1n) is 10.7. The molecule has 1 saturated carbocycles. The molecule has 1 heterocycles. The summed E-state index contributed by atoms with van der Waals surface area (Å²) in [7, 11) is 0. The minimum absolute atomic E-state index is 0. The van der Waals surface area contributed by atoms with E-state index in [1.54, 1.807) is 6.07 Å². The molecule has 6 heteroatoms. The van der Waals surface area contributed by atoms with E-state index in [9.17, 15) is 9.18 Å². The van der Waals surface area contributed by atoms with Crippen LogP contribution in [0.1, 0.15) is 32.3 Å². The number of ether oxygens (including phenoxy) is 3. The first kappa shape index (κ1) is 20.4. The number of hydrogen-bond acceptors (Lipinski definition) is 4. The van der Waals surface area contributed by atoms with Gasteiger partial charge in [0.25, 0.3) is 0 Å². The second-order valence-corrected chi connectivity index (χ2v) is 8.21. The van der Waals surface area contributed by atoms with Crippen LogP contribution in [0, 0.1) is 12.7 Å². The quantitative estimate of drug-likeness (QED) is 0.528. The lowest BCUT2D eigenvalue weighted by Gasteiger charge is -2.18. The zero-order valence-electron chi connectivity index (χ0n) is 18.0. The molecule has 0 spiro atoms. The predicted octanol–water partition coefficient (Wildman–Crippen LogP) is 5.84. The highest BCUT2D eigenvalue weighted by Gasteiger charge is 2.51. The maximum absolute atomic E-state index is 14.8. The highest BCUT2D eigenvalue weighted by Crippen LogP contribution is 2.51. The molecule has 1 aliphatic heterocycles. The van der Waals surface area contributed by atoms with Gasteiger partial charge in [-0.15, -0.1) is 0 Å². The van der Waals surface area contributed by atoms with Gasteiger partial charge in [0, 0.05) is 1.43 Å². The number of amides is 1. The third-order valence-electron chi connectivity index (χ3n) is 6.15. The molecule has 32 heavy (non-hydrogen) atoms. The number of anilines is 1. The van der Waals surface area contributed by atoms with E-state index in [-0.39, 0.29) is 19.8 Å². The molecule has 3 aromatic rings. The Hall–Kier alpha value is -3.54. The van der Waals surface area contributed by atoms with E-state index in [1.807, 2.05) is 56.3 Å². The second kappa shape index (κ2) is 7.86. The minimum atomic E-state index is -0.669. The van der Waals surface area contributed by atoms with Crippen LogP contribution in [0.2, 0.25) is 0 Å².